The standard InChI is InChI=1S/C14H18N2S/c1-2-3-11-4-6-12(7-5-11)13-10-16-14(17-13)8-9-15/h4-7,10H,2-3,8-9,15H2,1H3. The summed E-state index contributed by atoms with van der Waals surface area (Å²) in [7, 11) is 0. The molecule has 2 rings (SSSR count). The van der Waals surface area contributed by atoms with Crippen LogP contribution >= 0.6 is 11.3 Å². The molecule has 0 saturated carbocycles. The van der Waals surface area contributed by atoms with Gasteiger partial charge < -0.3 is 5.73 Å². The van der Waals surface area contributed by atoms with E-state index in [2.05, 4.69) is 36.2 Å². The van der Waals surface area contributed by atoms with Crippen LogP contribution < -0.4 is 5.73 Å². The van der Waals surface area contributed by atoms with Gasteiger partial charge in [-0.1, -0.05) is 37.6 Å². The van der Waals surface area contributed by atoms with E-state index in [1.54, 1.807) is 11.3 Å². The summed E-state index contributed by atoms with van der Waals surface area (Å²) < 4.78 is 0. The predicted molar refractivity (Wildman–Crippen MR) is 74.3 cm³/mol. The van der Waals surface area contributed by atoms with E-state index in [4.69, 9.17) is 5.73 Å². The lowest BCUT2D eigenvalue weighted by Gasteiger charge is -2.00. The van der Waals surface area contributed by atoms with Crippen molar-refractivity contribution < 1.29 is 0 Å². The highest BCUT2D eigenvalue weighted by molar-refractivity contribution is 7.15. The number of hydrogen-bond donors (Lipinski definition) is 1. The van der Waals surface area contributed by atoms with Crippen LogP contribution in [-0.2, 0) is 12.8 Å². The van der Waals surface area contributed by atoms with Gasteiger partial charge in [-0.3, -0.25) is 0 Å². The summed E-state index contributed by atoms with van der Waals surface area (Å²) in [5, 5.41) is 1.13. The number of hydrogen-bond acceptors (Lipinski definition) is 3. The summed E-state index contributed by atoms with van der Waals surface area (Å²) in [4.78, 5) is 5.61. The first-order valence-corrected chi connectivity index (χ1v) is 6.89. The van der Waals surface area contributed by atoms with Crippen molar-refractivity contribution in [2.24, 2.45) is 5.73 Å². The average Bonchev–Trinajstić information content (AvgIpc) is 2.80. The molecule has 1 heterocycles. The SMILES string of the molecule is CCCc1ccc(-c2cnc(CCN)s2)cc1. The van der Waals surface area contributed by atoms with Gasteiger partial charge in [-0.25, -0.2) is 4.98 Å². The molecule has 0 unspecified atom stereocenters. The summed E-state index contributed by atoms with van der Waals surface area (Å²) in [5.74, 6) is 0. The van der Waals surface area contributed by atoms with Crippen molar-refractivity contribution in [3.8, 4) is 10.4 Å². The van der Waals surface area contributed by atoms with Crippen molar-refractivity contribution in [3.05, 3.63) is 41.0 Å². The molecule has 90 valence electrons. The minimum absolute atomic E-state index is 0.669. The normalized spacial score (nSPS) is 10.7. The smallest absolute Gasteiger partial charge is 0.0943 e. The van der Waals surface area contributed by atoms with E-state index in [9.17, 15) is 0 Å². The van der Waals surface area contributed by atoms with Crippen LogP contribution in [0.1, 0.15) is 23.9 Å². The molecular formula is C14H18N2S. The summed E-state index contributed by atoms with van der Waals surface area (Å²) in [6.45, 7) is 2.87. The summed E-state index contributed by atoms with van der Waals surface area (Å²) >= 11 is 1.74. The van der Waals surface area contributed by atoms with Gasteiger partial charge in [0.25, 0.3) is 0 Å². The maximum atomic E-state index is 5.53. The number of rotatable bonds is 5. The van der Waals surface area contributed by atoms with Crippen LogP contribution in [0.4, 0.5) is 0 Å². The molecule has 1 aromatic carbocycles. The lowest BCUT2D eigenvalue weighted by Crippen LogP contribution is -2.01. The van der Waals surface area contributed by atoms with Crippen molar-refractivity contribution >= 4 is 11.3 Å². The Balaban J connectivity index is 2.15. The molecule has 0 aliphatic heterocycles. The Morgan fingerprint density at radius 2 is 1.94 bits per heavy atom. The number of aryl methyl sites for hydroxylation is 1. The van der Waals surface area contributed by atoms with Gasteiger partial charge in [0.15, 0.2) is 0 Å². The molecule has 2 N–H and O–H groups in total. The first-order chi connectivity index (χ1) is 8.33. The molecule has 0 radical (unpaired) electrons. The van der Waals surface area contributed by atoms with Gasteiger partial charge in [0.05, 0.1) is 9.88 Å². The maximum absolute atomic E-state index is 5.53. The zero-order valence-corrected chi connectivity index (χ0v) is 11.0. The lowest BCUT2D eigenvalue weighted by atomic mass is 10.1. The van der Waals surface area contributed by atoms with Crippen LogP contribution in [0.5, 0.6) is 0 Å². The molecule has 0 amide bonds. The lowest BCUT2D eigenvalue weighted by molar-refractivity contribution is 0.922. The molecule has 3 heteroatoms. The number of nitrogens with two attached hydrogens (primary N) is 1. The summed E-state index contributed by atoms with van der Waals surface area (Å²) in [6, 6.07) is 8.79. The van der Waals surface area contributed by atoms with Crippen LogP contribution in [-0.4, -0.2) is 11.5 Å². The molecule has 0 atom stereocenters. The Hall–Kier alpha value is -1.19. The third-order valence-electron chi connectivity index (χ3n) is 2.69. The van der Waals surface area contributed by atoms with Gasteiger partial charge in [0.1, 0.15) is 0 Å². The first-order valence-electron chi connectivity index (χ1n) is 6.07. The van der Waals surface area contributed by atoms with Crippen molar-refractivity contribution in [1.29, 1.82) is 0 Å². The van der Waals surface area contributed by atoms with E-state index in [1.807, 2.05) is 6.20 Å². The molecule has 0 saturated heterocycles. The van der Waals surface area contributed by atoms with Gasteiger partial charge in [0.2, 0.25) is 0 Å². The van der Waals surface area contributed by atoms with Gasteiger partial charge >= 0.3 is 0 Å². The Bertz CT molecular complexity index is 459. The second kappa shape index (κ2) is 5.94. The number of benzene rings is 1. The Morgan fingerprint density at radius 3 is 2.59 bits per heavy atom. The van der Waals surface area contributed by atoms with Crippen molar-refractivity contribution in [2.75, 3.05) is 6.54 Å². The first kappa shape index (κ1) is 12.3. The van der Waals surface area contributed by atoms with Crippen LogP contribution in [0.2, 0.25) is 0 Å². The fourth-order valence-corrected chi connectivity index (χ4v) is 2.75. The van der Waals surface area contributed by atoms with Crippen LogP contribution in [0, 0.1) is 0 Å². The zero-order valence-electron chi connectivity index (χ0n) is 10.1. The molecule has 0 bridgehead atoms. The van der Waals surface area contributed by atoms with Gasteiger partial charge in [-0.05, 0) is 24.1 Å². The molecule has 2 aromatic rings. The van der Waals surface area contributed by atoms with E-state index < -0.39 is 0 Å². The topological polar surface area (TPSA) is 38.9 Å². The second-order valence-corrected chi connectivity index (χ2v) is 5.22. The molecule has 0 fully saturated rings. The van der Waals surface area contributed by atoms with Crippen LogP contribution in [0.25, 0.3) is 10.4 Å². The number of nitrogens with zero attached hydrogens (tertiary/aromatic N) is 1. The minimum atomic E-state index is 0.669. The van der Waals surface area contributed by atoms with E-state index in [1.165, 1.54) is 22.4 Å². The van der Waals surface area contributed by atoms with Crippen molar-refractivity contribution in [2.45, 2.75) is 26.2 Å². The number of thiazole rings is 1. The molecule has 2 nitrogen and oxygen atoms in total. The Kier molecular flexibility index (Phi) is 4.29. The van der Waals surface area contributed by atoms with Crippen LogP contribution in [0.3, 0.4) is 0 Å². The highest BCUT2D eigenvalue weighted by Gasteiger charge is 2.03. The highest BCUT2D eigenvalue weighted by atomic mass is 32.1. The minimum Gasteiger partial charge on any atom is -0.330 e. The van der Waals surface area contributed by atoms with E-state index in [0.717, 1.165) is 17.8 Å². The molecular weight excluding hydrogens is 228 g/mol. The fraction of sp³-hybridized carbons (Fsp3) is 0.357. The monoisotopic (exact) mass is 246 g/mol. The van der Waals surface area contributed by atoms with Crippen molar-refractivity contribution in [1.82, 2.24) is 4.98 Å². The Morgan fingerprint density at radius 1 is 1.18 bits per heavy atom. The molecule has 1 aromatic heterocycles. The third kappa shape index (κ3) is 3.14. The average molecular weight is 246 g/mol. The summed E-state index contributed by atoms with van der Waals surface area (Å²) in [5.41, 5.74) is 8.19. The van der Waals surface area contributed by atoms with Crippen LogP contribution in [0.15, 0.2) is 30.5 Å². The van der Waals surface area contributed by atoms with E-state index in [-0.39, 0.29) is 0 Å². The summed E-state index contributed by atoms with van der Waals surface area (Å²) in [6.07, 6.45) is 5.17. The van der Waals surface area contributed by atoms with Gasteiger partial charge in [-0.2, -0.15) is 0 Å². The van der Waals surface area contributed by atoms with Crippen molar-refractivity contribution in [3.63, 3.8) is 0 Å². The number of aromatic nitrogens is 1. The van der Waals surface area contributed by atoms with E-state index >= 15 is 0 Å². The zero-order chi connectivity index (χ0) is 12.1. The largest absolute Gasteiger partial charge is 0.330 e. The molecule has 0 aliphatic rings. The third-order valence-corrected chi connectivity index (χ3v) is 3.80. The molecule has 17 heavy (non-hydrogen) atoms. The molecule has 0 spiro atoms. The maximum Gasteiger partial charge on any atom is 0.0943 e. The quantitative estimate of drug-likeness (QED) is 0.879. The second-order valence-electron chi connectivity index (χ2n) is 4.10. The van der Waals surface area contributed by atoms with Gasteiger partial charge in [0, 0.05) is 12.6 Å². The highest BCUT2D eigenvalue weighted by Crippen LogP contribution is 2.26. The molecule has 0 aliphatic carbocycles. The predicted octanol–water partition coefficient (Wildman–Crippen LogP) is 3.26. The van der Waals surface area contributed by atoms with Gasteiger partial charge in [-0.15, -0.1) is 11.3 Å². The Labute approximate surface area is 107 Å². The fourth-order valence-electron chi connectivity index (χ4n) is 1.81. The van der Waals surface area contributed by atoms with E-state index in [0.29, 0.717) is 6.54 Å².